The second-order valence-corrected chi connectivity index (χ2v) is 7.74. The first-order valence-corrected chi connectivity index (χ1v) is 10.1. The molecule has 3 rings (SSSR count). The van der Waals surface area contributed by atoms with Gasteiger partial charge >= 0.3 is 0 Å². The monoisotopic (exact) mass is 368 g/mol. The lowest BCUT2D eigenvalue weighted by Crippen LogP contribution is -2.15. The van der Waals surface area contributed by atoms with Gasteiger partial charge in [-0.25, -0.2) is 13.4 Å². The third kappa shape index (κ3) is 4.40. The number of ether oxygens (including phenoxy) is 1. The van der Waals surface area contributed by atoms with Crippen molar-refractivity contribution in [1.29, 1.82) is 0 Å². The highest BCUT2D eigenvalue weighted by molar-refractivity contribution is 7.90. The van der Waals surface area contributed by atoms with E-state index >= 15 is 0 Å². The molecule has 1 aromatic heterocycles. The van der Waals surface area contributed by atoms with Gasteiger partial charge in [-0.2, -0.15) is 0 Å². The van der Waals surface area contributed by atoms with Crippen LogP contribution in [0.25, 0.3) is 11.1 Å². The number of sulfone groups is 1. The lowest BCUT2D eigenvalue weighted by Gasteiger charge is -2.13. The summed E-state index contributed by atoms with van der Waals surface area (Å²) in [6.07, 6.45) is 2.73. The van der Waals surface area contributed by atoms with E-state index < -0.39 is 9.84 Å². The molecule has 0 amide bonds. The third-order valence-electron chi connectivity index (χ3n) is 3.79. The number of rotatable bonds is 7. The highest BCUT2D eigenvalue weighted by atomic mass is 32.2. The summed E-state index contributed by atoms with van der Waals surface area (Å²) in [6.45, 7) is 0.812. The van der Waals surface area contributed by atoms with Crippen molar-refractivity contribution in [2.24, 2.45) is 0 Å². The van der Waals surface area contributed by atoms with Crippen LogP contribution in [-0.2, 0) is 9.84 Å². The van der Waals surface area contributed by atoms with Gasteiger partial charge in [-0.1, -0.05) is 48.5 Å². The van der Waals surface area contributed by atoms with Crippen molar-refractivity contribution in [2.75, 3.05) is 24.7 Å². The number of nitrogens with one attached hydrogen (secondary N) is 1. The van der Waals surface area contributed by atoms with Gasteiger partial charge in [0, 0.05) is 18.0 Å². The van der Waals surface area contributed by atoms with E-state index in [0.29, 0.717) is 19.0 Å². The molecule has 0 radical (unpaired) electrons. The van der Waals surface area contributed by atoms with Crippen LogP contribution in [0.3, 0.4) is 0 Å². The third-order valence-corrected chi connectivity index (χ3v) is 4.92. The van der Waals surface area contributed by atoms with E-state index in [9.17, 15) is 8.42 Å². The molecule has 0 bridgehead atoms. The Bertz CT molecular complexity index is 973. The summed E-state index contributed by atoms with van der Waals surface area (Å²) in [6, 6.07) is 21.0. The van der Waals surface area contributed by atoms with Gasteiger partial charge in [-0.3, -0.25) is 0 Å². The Hall–Kier alpha value is -2.86. The van der Waals surface area contributed by atoms with E-state index in [2.05, 4.69) is 10.3 Å². The molecule has 2 aromatic carbocycles. The number of anilines is 1. The Balaban J connectivity index is 1.66. The molecule has 1 N–H and O–H groups in total. The standard InChI is InChI=1S/C20H20N2O3S/c1-26(23,24)19-12-7-13-21-20(19)22-14-15-25-18-11-6-5-10-17(18)16-8-3-2-4-9-16/h2-13H,14-15H2,1H3,(H,21,22). The number of hydrogen-bond donors (Lipinski definition) is 1. The number of nitrogens with zero attached hydrogens (tertiary/aromatic N) is 1. The second kappa shape index (κ2) is 8.01. The number of hydrogen-bond acceptors (Lipinski definition) is 5. The predicted octanol–water partition coefficient (Wildman–Crippen LogP) is 3.64. The lowest BCUT2D eigenvalue weighted by atomic mass is 10.1. The molecular weight excluding hydrogens is 348 g/mol. The zero-order valence-corrected chi connectivity index (χ0v) is 15.2. The predicted molar refractivity (Wildman–Crippen MR) is 103 cm³/mol. The molecule has 0 spiro atoms. The zero-order valence-electron chi connectivity index (χ0n) is 14.4. The number of benzene rings is 2. The first kappa shape index (κ1) is 17.9. The normalized spacial score (nSPS) is 11.1. The van der Waals surface area contributed by atoms with Gasteiger partial charge in [0.25, 0.3) is 0 Å². The molecule has 3 aromatic rings. The molecule has 26 heavy (non-hydrogen) atoms. The summed E-state index contributed by atoms with van der Waals surface area (Å²) < 4.78 is 29.5. The zero-order chi connectivity index (χ0) is 18.4. The summed E-state index contributed by atoms with van der Waals surface area (Å²) in [5, 5.41) is 3.03. The molecule has 0 aliphatic heterocycles. The number of pyridine rings is 1. The van der Waals surface area contributed by atoms with Crippen LogP contribution in [0.15, 0.2) is 77.8 Å². The Morgan fingerprint density at radius 3 is 2.46 bits per heavy atom. The largest absolute Gasteiger partial charge is 0.491 e. The maximum Gasteiger partial charge on any atom is 0.179 e. The van der Waals surface area contributed by atoms with Crippen molar-refractivity contribution in [3.05, 3.63) is 72.9 Å². The smallest absolute Gasteiger partial charge is 0.179 e. The summed E-state index contributed by atoms with van der Waals surface area (Å²) >= 11 is 0. The van der Waals surface area contributed by atoms with E-state index in [1.54, 1.807) is 12.3 Å². The quantitative estimate of drug-likeness (QED) is 0.645. The van der Waals surface area contributed by atoms with Crippen molar-refractivity contribution in [3.63, 3.8) is 0 Å². The fraction of sp³-hybridized carbons (Fsp3) is 0.150. The summed E-state index contributed by atoms with van der Waals surface area (Å²) in [4.78, 5) is 4.29. The molecule has 0 unspecified atom stereocenters. The first-order chi connectivity index (χ1) is 12.6. The maximum absolute atomic E-state index is 11.8. The Morgan fingerprint density at radius 2 is 1.69 bits per heavy atom. The Morgan fingerprint density at radius 1 is 0.962 bits per heavy atom. The van der Waals surface area contributed by atoms with Crippen LogP contribution in [0.4, 0.5) is 5.82 Å². The van der Waals surface area contributed by atoms with Crippen LogP contribution in [0, 0.1) is 0 Å². The molecule has 0 fully saturated rings. The van der Waals surface area contributed by atoms with Crippen LogP contribution in [-0.4, -0.2) is 32.8 Å². The minimum atomic E-state index is -3.33. The fourth-order valence-corrected chi connectivity index (χ4v) is 3.40. The summed E-state index contributed by atoms with van der Waals surface area (Å²) in [5.41, 5.74) is 2.10. The average molecular weight is 368 g/mol. The van der Waals surface area contributed by atoms with E-state index in [0.717, 1.165) is 16.9 Å². The first-order valence-electron chi connectivity index (χ1n) is 8.22. The molecule has 5 nitrogen and oxygen atoms in total. The van der Waals surface area contributed by atoms with Crippen LogP contribution >= 0.6 is 0 Å². The highest BCUT2D eigenvalue weighted by Crippen LogP contribution is 2.29. The molecule has 134 valence electrons. The molecule has 1 heterocycles. The van der Waals surface area contributed by atoms with Crippen molar-refractivity contribution in [2.45, 2.75) is 4.90 Å². The van der Waals surface area contributed by atoms with E-state index in [4.69, 9.17) is 4.74 Å². The van der Waals surface area contributed by atoms with Crippen LogP contribution < -0.4 is 10.1 Å². The second-order valence-electron chi connectivity index (χ2n) is 5.76. The molecule has 6 heteroatoms. The van der Waals surface area contributed by atoms with Crippen molar-refractivity contribution >= 4 is 15.7 Å². The molecule has 0 atom stereocenters. The van der Waals surface area contributed by atoms with Crippen molar-refractivity contribution < 1.29 is 13.2 Å². The SMILES string of the molecule is CS(=O)(=O)c1cccnc1NCCOc1ccccc1-c1ccccc1. The van der Waals surface area contributed by atoms with E-state index in [1.165, 1.54) is 12.3 Å². The molecule has 0 saturated heterocycles. The van der Waals surface area contributed by atoms with Crippen LogP contribution in [0.2, 0.25) is 0 Å². The number of para-hydroxylation sites is 1. The maximum atomic E-state index is 11.8. The highest BCUT2D eigenvalue weighted by Gasteiger charge is 2.13. The van der Waals surface area contributed by atoms with Gasteiger partial charge in [0.05, 0.1) is 6.54 Å². The van der Waals surface area contributed by atoms with Crippen molar-refractivity contribution in [3.8, 4) is 16.9 Å². The van der Waals surface area contributed by atoms with Gasteiger partial charge in [0.1, 0.15) is 23.1 Å². The van der Waals surface area contributed by atoms with Crippen LogP contribution in [0.1, 0.15) is 0 Å². The van der Waals surface area contributed by atoms with E-state index in [1.807, 2.05) is 54.6 Å². The van der Waals surface area contributed by atoms with Crippen LogP contribution in [0.5, 0.6) is 5.75 Å². The molecule has 0 aliphatic carbocycles. The minimum Gasteiger partial charge on any atom is -0.491 e. The van der Waals surface area contributed by atoms with Gasteiger partial charge in [0.2, 0.25) is 0 Å². The molecule has 0 saturated carbocycles. The molecule has 0 aliphatic rings. The van der Waals surface area contributed by atoms with Gasteiger partial charge in [-0.15, -0.1) is 0 Å². The summed E-state index contributed by atoms with van der Waals surface area (Å²) in [7, 11) is -3.33. The van der Waals surface area contributed by atoms with Crippen molar-refractivity contribution in [1.82, 2.24) is 4.98 Å². The van der Waals surface area contributed by atoms with E-state index in [-0.39, 0.29) is 4.90 Å². The van der Waals surface area contributed by atoms with Gasteiger partial charge in [0.15, 0.2) is 9.84 Å². The number of aromatic nitrogens is 1. The lowest BCUT2D eigenvalue weighted by molar-refractivity contribution is 0.334. The summed E-state index contributed by atoms with van der Waals surface area (Å²) in [5.74, 6) is 1.12. The topological polar surface area (TPSA) is 68.3 Å². The minimum absolute atomic E-state index is 0.185. The molecular formula is C20H20N2O3S. The average Bonchev–Trinajstić information content (AvgIpc) is 2.66. The fourth-order valence-electron chi connectivity index (χ4n) is 2.60. The Kier molecular flexibility index (Phi) is 5.53. The Labute approximate surface area is 153 Å². The van der Waals surface area contributed by atoms with Gasteiger partial charge < -0.3 is 10.1 Å². The van der Waals surface area contributed by atoms with Gasteiger partial charge in [-0.05, 0) is 23.8 Å².